The van der Waals surface area contributed by atoms with Crippen LogP contribution in [-0.4, -0.2) is 43.2 Å². The number of fused-ring (bicyclic) bond motifs is 1. The molecule has 0 spiro atoms. The molecule has 1 aromatic heterocycles. The Morgan fingerprint density at radius 1 is 1.10 bits per heavy atom. The first kappa shape index (κ1) is 22.9. The van der Waals surface area contributed by atoms with Crippen LogP contribution in [0.1, 0.15) is 70.9 Å². The van der Waals surface area contributed by atoms with Crippen LogP contribution in [-0.2, 0) is 6.42 Å². The summed E-state index contributed by atoms with van der Waals surface area (Å²) in [4.78, 5) is 7.44. The summed E-state index contributed by atoms with van der Waals surface area (Å²) in [7, 11) is 1.73. The molecule has 4 heteroatoms. The van der Waals surface area contributed by atoms with E-state index in [-0.39, 0.29) is 0 Å². The van der Waals surface area contributed by atoms with E-state index in [1.165, 1.54) is 58.2 Å². The van der Waals surface area contributed by atoms with Gasteiger partial charge in [0.25, 0.3) is 0 Å². The second-order valence-corrected chi connectivity index (χ2v) is 8.91. The Hall–Kier alpha value is -1.81. The van der Waals surface area contributed by atoms with E-state index < -0.39 is 0 Å². The highest BCUT2D eigenvalue weighted by atomic mass is 16.5. The lowest BCUT2D eigenvalue weighted by atomic mass is 10.00. The van der Waals surface area contributed by atoms with Crippen LogP contribution in [0.25, 0.3) is 10.9 Å². The SMILES string of the molecule is CCCCc1cc(OC)c2cc(OCCCCCCN3CCCC(C)C3)ccc2n1. The maximum absolute atomic E-state index is 6.03. The summed E-state index contributed by atoms with van der Waals surface area (Å²) < 4.78 is 11.7. The number of methoxy groups -OCH3 is 1. The van der Waals surface area contributed by atoms with E-state index in [1.54, 1.807) is 7.11 Å². The molecule has 1 saturated heterocycles. The molecule has 0 amide bonds. The molecule has 1 aliphatic heterocycles. The van der Waals surface area contributed by atoms with Gasteiger partial charge in [0.15, 0.2) is 0 Å². The van der Waals surface area contributed by atoms with Crippen LogP contribution in [0.15, 0.2) is 24.3 Å². The van der Waals surface area contributed by atoms with Gasteiger partial charge in [-0.25, -0.2) is 0 Å². The Labute approximate surface area is 183 Å². The van der Waals surface area contributed by atoms with Gasteiger partial charge in [0.05, 0.1) is 19.2 Å². The molecule has 0 saturated carbocycles. The van der Waals surface area contributed by atoms with Crippen molar-refractivity contribution in [3.05, 3.63) is 30.0 Å². The van der Waals surface area contributed by atoms with Crippen molar-refractivity contribution in [2.24, 2.45) is 5.92 Å². The zero-order chi connectivity index (χ0) is 21.2. The van der Waals surface area contributed by atoms with Gasteiger partial charge in [-0.05, 0) is 75.7 Å². The number of ether oxygens (including phenoxy) is 2. The number of aromatic nitrogens is 1. The second-order valence-electron chi connectivity index (χ2n) is 8.91. The topological polar surface area (TPSA) is 34.6 Å². The number of pyridine rings is 1. The summed E-state index contributed by atoms with van der Waals surface area (Å²) in [5, 5.41) is 1.03. The van der Waals surface area contributed by atoms with Gasteiger partial charge in [-0.1, -0.05) is 33.1 Å². The molecular formula is C26H40N2O2. The lowest BCUT2D eigenvalue weighted by Crippen LogP contribution is -2.34. The summed E-state index contributed by atoms with van der Waals surface area (Å²) in [5.41, 5.74) is 2.09. The molecule has 2 aromatic rings. The first-order chi connectivity index (χ1) is 14.7. The fourth-order valence-electron chi connectivity index (χ4n) is 4.44. The highest BCUT2D eigenvalue weighted by molar-refractivity contribution is 5.86. The van der Waals surface area contributed by atoms with Crippen molar-refractivity contribution >= 4 is 10.9 Å². The molecule has 4 nitrogen and oxygen atoms in total. The molecule has 0 radical (unpaired) electrons. The second kappa shape index (κ2) is 12.1. The zero-order valence-electron chi connectivity index (χ0n) is 19.3. The summed E-state index contributed by atoms with van der Waals surface area (Å²) in [5.74, 6) is 2.68. The average molecular weight is 413 g/mol. The maximum Gasteiger partial charge on any atom is 0.130 e. The summed E-state index contributed by atoms with van der Waals surface area (Å²) >= 11 is 0. The first-order valence-corrected chi connectivity index (χ1v) is 12.0. The number of hydrogen-bond acceptors (Lipinski definition) is 4. The molecule has 166 valence electrons. The Morgan fingerprint density at radius 3 is 2.77 bits per heavy atom. The molecular weight excluding hydrogens is 372 g/mol. The third-order valence-corrected chi connectivity index (χ3v) is 6.18. The predicted octanol–water partition coefficient (Wildman–Crippen LogP) is 6.26. The summed E-state index contributed by atoms with van der Waals surface area (Å²) in [6.45, 7) is 9.22. The van der Waals surface area contributed by atoms with E-state index in [1.807, 2.05) is 6.07 Å². The molecule has 1 aliphatic rings. The Balaban J connectivity index is 1.41. The molecule has 3 rings (SSSR count). The molecule has 1 atom stereocenters. The largest absolute Gasteiger partial charge is 0.496 e. The van der Waals surface area contributed by atoms with Crippen molar-refractivity contribution in [3.63, 3.8) is 0 Å². The molecule has 0 bridgehead atoms. The van der Waals surface area contributed by atoms with Crippen LogP contribution in [0.5, 0.6) is 11.5 Å². The number of piperidine rings is 1. The van der Waals surface area contributed by atoms with E-state index in [2.05, 4.69) is 36.9 Å². The Morgan fingerprint density at radius 2 is 1.97 bits per heavy atom. The van der Waals surface area contributed by atoms with Crippen LogP contribution in [0.2, 0.25) is 0 Å². The van der Waals surface area contributed by atoms with Crippen LogP contribution < -0.4 is 9.47 Å². The normalized spacial score (nSPS) is 17.4. The third-order valence-electron chi connectivity index (χ3n) is 6.18. The zero-order valence-corrected chi connectivity index (χ0v) is 19.3. The van der Waals surface area contributed by atoms with Crippen LogP contribution in [0.4, 0.5) is 0 Å². The monoisotopic (exact) mass is 412 g/mol. The lowest BCUT2D eigenvalue weighted by molar-refractivity contribution is 0.180. The number of hydrogen-bond donors (Lipinski definition) is 0. The quantitative estimate of drug-likeness (QED) is 0.386. The predicted molar refractivity (Wildman–Crippen MR) is 126 cm³/mol. The maximum atomic E-state index is 6.03. The van der Waals surface area contributed by atoms with Gasteiger partial charge < -0.3 is 14.4 Å². The van der Waals surface area contributed by atoms with Crippen molar-refractivity contribution in [1.29, 1.82) is 0 Å². The molecule has 2 heterocycles. The van der Waals surface area contributed by atoms with Gasteiger partial charge in [-0.15, -0.1) is 0 Å². The molecule has 30 heavy (non-hydrogen) atoms. The number of unbranched alkanes of at least 4 members (excludes halogenated alkanes) is 4. The smallest absolute Gasteiger partial charge is 0.130 e. The number of aryl methyl sites for hydroxylation is 1. The number of benzene rings is 1. The van der Waals surface area contributed by atoms with E-state index in [4.69, 9.17) is 14.5 Å². The van der Waals surface area contributed by atoms with Crippen molar-refractivity contribution in [2.75, 3.05) is 33.4 Å². The van der Waals surface area contributed by atoms with Gasteiger partial charge in [0.2, 0.25) is 0 Å². The van der Waals surface area contributed by atoms with E-state index in [9.17, 15) is 0 Å². The van der Waals surface area contributed by atoms with Gasteiger partial charge in [-0.3, -0.25) is 4.98 Å². The third kappa shape index (κ3) is 6.87. The van der Waals surface area contributed by atoms with Gasteiger partial charge >= 0.3 is 0 Å². The molecule has 1 unspecified atom stereocenters. The highest BCUT2D eigenvalue weighted by Crippen LogP contribution is 2.29. The average Bonchev–Trinajstić information content (AvgIpc) is 2.76. The summed E-state index contributed by atoms with van der Waals surface area (Å²) in [6, 6.07) is 8.24. The van der Waals surface area contributed by atoms with E-state index in [0.29, 0.717) is 0 Å². The Kier molecular flexibility index (Phi) is 9.26. The Bertz CT molecular complexity index is 777. The molecule has 1 fully saturated rings. The highest BCUT2D eigenvalue weighted by Gasteiger charge is 2.15. The minimum absolute atomic E-state index is 0.774. The molecule has 0 N–H and O–H groups in total. The van der Waals surface area contributed by atoms with Crippen molar-refractivity contribution in [2.45, 2.75) is 71.6 Å². The van der Waals surface area contributed by atoms with Crippen LogP contribution in [0, 0.1) is 5.92 Å². The van der Waals surface area contributed by atoms with Crippen LogP contribution in [0.3, 0.4) is 0 Å². The van der Waals surface area contributed by atoms with Crippen molar-refractivity contribution in [1.82, 2.24) is 9.88 Å². The standard InChI is InChI=1S/C26H40N2O2/c1-4-5-12-22-18-26(29-3)24-19-23(13-14-25(24)27-22)30-17-9-7-6-8-15-28-16-10-11-21(2)20-28/h13-14,18-19,21H,4-12,15-17,20H2,1-3H3. The van der Waals surface area contributed by atoms with Gasteiger partial charge in [0, 0.05) is 23.7 Å². The number of likely N-dealkylation sites (tertiary alicyclic amines) is 1. The lowest BCUT2D eigenvalue weighted by Gasteiger charge is -2.30. The first-order valence-electron chi connectivity index (χ1n) is 12.0. The van der Waals surface area contributed by atoms with E-state index >= 15 is 0 Å². The summed E-state index contributed by atoms with van der Waals surface area (Å²) in [6.07, 6.45) is 11.1. The molecule has 0 aliphatic carbocycles. The van der Waals surface area contributed by atoms with Gasteiger partial charge in [0.1, 0.15) is 11.5 Å². The van der Waals surface area contributed by atoms with Crippen molar-refractivity contribution in [3.8, 4) is 11.5 Å². The fraction of sp³-hybridized carbons (Fsp3) is 0.654. The fourth-order valence-corrected chi connectivity index (χ4v) is 4.44. The van der Waals surface area contributed by atoms with Crippen molar-refractivity contribution < 1.29 is 9.47 Å². The van der Waals surface area contributed by atoms with Crippen LogP contribution >= 0.6 is 0 Å². The minimum atomic E-state index is 0.774. The minimum Gasteiger partial charge on any atom is -0.496 e. The van der Waals surface area contributed by atoms with Gasteiger partial charge in [-0.2, -0.15) is 0 Å². The number of nitrogens with zero attached hydrogens (tertiary/aromatic N) is 2. The number of rotatable bonds is 12. The van der Waals surface area contributed by atoms with E-state index in [0.717, 1.165) is 59.9 Å². The molecule has 1 aromatic carbocycles.